The van der Waals surface area contributed by atoms with Crippen molar-refractivity contribution in [1.29, 1.82) is 0 Å². The van der Waals surface area contributed by atoms with Gasteiger partial charge in [0.25, 0.3) is 0 Å². The lowest BCUT2D eigenvalue weighted by atomic mass is 9.93. The van der Waals surface area contributed by atoms with Crippen LogP contribution >= 0.6 is 0 Å². The van der Waals surface area contributed by atoms with Crippen molar-refractivity contribution in [1.82, 2.24) is 5.32 Å². The van der Waals surface area contributed by atoms with Crippen LogP contribution in [0.15, 0.2) is 36.4 Å². The Morgan fingerprint density at radius 2 is 1.67 bits per heavy atom. The van der Waals surface area contributed by atoms with E-state index in [-0.39, 0.29) is 0 Å². The van der Waals surface area contributed by atoms with Gasteiger partial charge in [-0.3, -0.25) is 0 Å². The van der Waals surface area contributed by atoms with Crippen molar-refractivity contribution in [2.75, 3.05) is 7.05 Å². The van der Waals surface area contributed by atoms with Gasteiger partial charge in [0.05, 0.1) is 0 Å². The van der Waals surface area contributed by atoms with Crippen molar-refractivity contribution >= 4 is 0 Å². The van der Waals surface area contributed by atoms with Crippen LogP contribution in [0.5, 0.6) is 0 Å². The first-order chi connectivity index (χ1) is 8.63. The lowest BCUT2D eigenvalue weighted by molar-refractivity contribution is 0.818. The van der Waals surface area contributed by atoms with E-state index < -0.39 is 0 Å². The molecule has 0 radical (unpaired) electrons. The monoisotopic (exact) mass is 239 g/mol. The minimum Gasteiger partial charge on any atom is -0.316 e. The Bertz CT molecular complexity index is 556. The van der Waals surface area contributed by atoms with Crippen LogP contribution in [0.25, 0.3) is 11.1 Å². The lowest BCUT2D eigenvalue weighted by Crippen LogP contribution is -2.05. The Labute approximate surface area is 110 Å². The largest absolute Gasteiger partial charge is 0.316 e. The number of nitrogens with one attached hydrogen (secondary N) is 1. The smallest absolute Gasteiger partial charge is 0.0202 e. The summed E-state index contributed by atoms with van der Waals surface area (Å²) < 4.78 is 0. The number of hydrogen-bond donors (Lipinski definition) is 1. The van der Waals surface area contributed by atoms with E-state index in [9.17, 15) is 0 Å². The van der Waals surface area contributed by atoms with E-state index in [4.69, 9.17) is 0 Å². The molecular formula is C17H21N. The summed E-state index contributed by atoms with van der Waals surface area (Å²) in [5, 5.41) is 3.21. The average molecular weight is 239 g/mol. The summed E-state index contributed by atoms with van der Waals surface area (Å²) in [5.74, 6) is 0. The van der Waals surface area contributed by atoms with E-state index in [1.807, 2.05) is 7.05 Å². The molecule has 0 aliphatic carbocycles. The summed E-state index contributed by atoms with van der Waals surface area (Å²) in [6.45, 7) is 7.47. The van der Waals surface area contributed by atoms with E-state index in [0.717, 1.165) is 6.54 Å². The Morgan fingerprint density at radius 3 is 2.39 bits per heavy atom. The second kappa shape index (κ2) is 5.36. The van der Waals surface area contributed by atoms with Gasteiger partial charge in [0, 0.05) is 6.54 Å². The number of rotatable bonds is 3. The van der Waals surface area contributed by atoms with Crippen molar-refractivity contribution < 1.29 is 0 Å². The molecule has 2 rings (SSSR count). The van der Waals surface area contributed by atoms with Gasteiger partial charge in [0.1, 0.15) is 0 Å². The predicted octanol–water partition coefficient (Wildman–Crippen LogP) is 4.00. The maximum absolute atomic E-state index is 3.21. The number of hydrogen-bond acceptors (Lipinski definition) is 1. The first kappa shape index (κ1) is 12.8. The Balaban J connectivity index is 2.55. The molecule has 0 aromatic heterocycles. The Hall–Kier alpha value is -1.60. The van der Waals surface area contributed by atoms with Gasteiger partial charge >= 0.3 is 0 Å². The van der Waals surface area contributed by atoms with Gasteiger partial charge < -0.3 is 5.32 Å². The Kier molecular flexibility index (Phi) is 3.83. The standard InChI is InChI=1S/C17H21N/c1-12-6-5-7-16(14(12)3)17-10-15(11-18-4)9-8-13(17)2/h5-10,18H,11H2,1-4H3. The van der Waals surface area contributed by atoms with Gasteiger partial charge in [0.2, 0.25) is 0 Å². The molecule has 0 unspecified atom stereocenters. The average Bonchev–Trinajstić information content (AvgIpc) is 2.36. The van der Waals surface area contributed by atoms with Gasteiger partial charge in [-0.1, -0.05) is 30.3 Å². The lowest BCUT2D eigenvalue weighted by Gasteiger charge is -2.13. The summed E-state index contributed by atoms with van der Waals surface area (Å²) in [5.41, 5.74) is 8.10. The van der Waals surface area contributed by atoms with Gasteiger partial charge in [-0.05, 0) is 67.3 Å². The molecule has 0 saturated carbocycles. The Morgan fingerprint density at radius 1 is 0.889 bits per heavy atom. The molecule has 0 atom stereocenters. The van der Waals surface area contributed by atoms with E-state index in [1.54, 1.807) is 0 Å². The highest BCUT2D eigenvalue weighted by atomic mass is 14.8. The van der Waals surface area contributed by atoms with Crippen molar-refractivity contribution in [3.05, 3.63) is 58.7 Å². The van der Waals surface area contributed by atoms with Crippen LogP contribution in [0.1, 0.15) is 22.3 Å². The zero-order valence-electron chi connectivity index (χ0n) is 11.7. The van der Waals surface area contributed by atoms with Crippen molar-refractivity contribution in [2.24, 2.45) is 0 Å². The third kappa shape index (κ3) is 2.46. The zero-order chi connectivity index (χ0) is 13.1. The van der Waals surface area contributed by atoms with Gasteiger partial charge in [0.15, 0.2) is 0 Å². The fraction of sp³-hybridized carbons (Fsp3) is 0.294. The third-order valence-electron chi connectivity index (χ3n) is 3.58. The summed E-state index contributed by atoms with van der Waals surface area (Å²) >= 11 is 0. The summed E-state index contributed by atoms with van der Waals surface area (Å²) in [6.07, 6.45) is 0. The van der Waals surface area contributed by atoms with Crippen LogP contribution < -0.4 is 5.32 Å². The van der Waals surface area contributed by atoms with E-state index in [2.05, 4.69) is 62.5 Å². The summed E-state index contributed by atoms with van der Waals surface area (Å²) in [6, 6.07) is 13.2. The van der Waals surface area contributed by atoms with Crippen molar-refractivity contribution in [2.45, 2.75) is 27.3 Å². The normalized spacial score (nSPS) is 10.7. The van der Waals surface area contributed by atoms with Gasteiger partial charge in [-0.25, -0.2) is 0 Å². The molecule has 0 fully saturated rings. The van der Waals surface area contributed by atoms with Crippen molar-refractivity contribution in [3.8, 4) is 11.1 Å². The molecule has 0 bridgehead atoms. The highest BCUT2D eigenvalue weighted by Crippen LogP contribution is 2.29. The molecule has 1 heteroatoms. The predicted molar refractivity (Wildman–Crippen MR) is 78.9 cm³/mol. The third-order valence-corrected chi connectivity index (χ3v) is 3.58. The molecule has 2 aromatic rings. The summed E-state index contributed by atoms with van der Waals surface area (Å²) in [7, 11) is 1.98. The maximum atomic E-state index is 3.21. The maximum Gasteiger partial charge on any atom is 0.0202 e. The van der Waals surface area contributed by atoms with E-state index >= 15 is 0 Å². The molecule has 1 nitrogen and oxygen atoms in total. The van der Waals surface area contributed by atoms with E-state index in [0.29, 0.717) is 0 Å². The van der Waals surface area contributed by atoms with Crippen LogP contribution in [0.3, 0.4) is 0 Å². The molecule has 0 aliphatic heterocycles. The number of aryl methyl sites for hydroxylation is 2. The molecule has 0 spiro atoms. The molecule has 94 valence electrons. The SMILES string of the molecule is CNCc1ccc(C)c(-c2cccc(C)c2C)c1. The summed E-state index contributed by atoms with van der Waals surface area (Å²) in [4.78, 5) is 0. The van der Waals surface area contributed by atoms with E-state index in [1.165, 1.54) is 33.4 Å². The van der Waals surface area contributed by atoms with Crippen LogP contribution in [-0.4, -0.2) is 7.05 Å². The second-order valence-corrected chi connectivity index (χ2v) is 4.93. The molecular weight excluding hydrogens is 218 g/mol. The molecule has 1 N–H and O–H groups in total. The first-order valence-electron chi connectivity index (χ1n) is 6.44. The molecule has 0 heterocycles. The second-order valence-electron chi connectivity index (χ2n) is 4.93. The molecule has 0 saturated heterocycles. The highest BCUT2D eigenvalue weighted by Gasteiger charge is 2.07. The molecule has 0 aliphatic rings. The number of benzene rings is 2. The van der Waals surface area contributed by atoms with Gasteiger partial charge in [-0.15, -0.1) is 0 Å². The minimum atomic E-state index is 0.915. The van der Waals surface area contributed by atoms with Crippen LogP contribution in [0.2, 0.25) is 0 Å². The highest BCUT2D eigenvalue weighted by molar-refractivity contribution is 5.72. The van der Waals surface area contributed by atoms with Crippen molar-refractivity contribution in [3.63, 3.8) is 0 Å². The van der Waals surface area contributed by atoms with Crippen LogP contribution in [0.4, 0.5) is 0 Å². The zero-order valence-corrected chi connectivity index (χ0v) is 11.7. The van der Waals surface area contributed by atoms with Crippen LogP contribution in [-0.2, 0) is 6.54 Å². The minimum absolute atomic E-state index is 0.915. The quantitative estimate of drug-likeness (QED) is 0.853. The molecule has 18 heavy (non-hydrogen) atoms. The topological polar surface area (TPSA) is 12.0 Å². The first-order valence-corrected chi connectivity index (χ1v) is 6.44. The fourth-order valence-corrected chi connectivity index (χ4v) is 2.32. The van der Waals surface area contributed by atoms with Crippen LogP contribution in [0, 0.1) is 20.8 Å². The molecule has 2 aromatic carbocycles. The van der Waals surface area contributed by atoms with Gasteiger partial charge in [-0.2, -0.15) is 0 Å². The molecule has 0 amide bonds. The fourth-order valence-electron chi connectivity index (χ4n) is 2.32.